The van der Waals surface area contributed by atoms with E-state index in [9.17, 15) is 13.2 Å². The quantitative estimate of drug-likeness (QED) is 0.172. The van der Waals surface area contributed by atoms with Gasteiger partial charge in [0.15, 0.2) is 0 Å². The molecular formula is C27H45NO3S. The number of nitrogens with zero attached hydrogens (tertiary/aromatic N) is 1. The van der Waals surface area contributed by atoms with Gasteiger partial charge in [0.2, 0.25) is 10.0 Å². The summed E-state index contributed by atoms with van der Waals surface area (Å²) in [5, 5.41) is 0. The summed E-state index contributed by atoms with van der Waals surface area (Å²) in [6.45, 7) is 6.68. The third-order valence-corrected chi connectivity index (χ3v) is 10.7. The van der Waals surface area contributed by atoms with Gasteiger partial charge >= 0.3 is 0 Å². The van der Waals surface area contributed by atoms with Crippen LogP contribution in [-0.2, 0) is 14.8 Å². The van der Waals surface area contributed by atoms with E-state index in [0.29, 0.717) is 5.92 Å². The molecule has 2 saturated carbocycles. The Hall–Kier alpha value is -1.10. The molecule has 1 aliphatic heterocycles. The Labute approximate surface area is 197 Å². The van der Waals surface area contributed by atoms with Crippen molar-refractivity contribution in [3.63, 3.8) is 0 Å². The Morgan fingerprint density at radius 3 is 2.25 bits per heavy atom. The van der Waals surface area contributed by atoms with Crippen LogP contribution in [0.2, 0.25) is 0 Å². The number of unbranched alkanes of at least 4 members (excludes halogenated alkanes) is 9. The maximum atomic E-state index is 12.9. The summed E-state index contributed by atoms with van der Waals surface area (Å²) in [5.74, 6) is 0.349. The number of rotatable bonds is 13. The molecule has 3 atom stereocenters. The number of fused-ring (bicyclic) bond motifs is 1. The van der Waals surface area contributed by atoms with E-state index in [1.165, 1.54) is 61.7 Å². The molecule has 5 heteroatoms. The average Bonchev–Trinajstić information content (AvgIpc) is 3.21. The number of hydrogen-bond acceptors (Lipinski definition) is 3. The van der Waals surface area contributed by atoms with E-state index in [0.717, 1.165) is 38.5 Å². The van der Waals surface area contributed by atoms with Crippen LogP contribution in [-0.4, -0.2) is 30.4 Å². The lowest BCUT2D eigenvalue weighted by Crippen LogP contribution is -2.43. The molecule has 0 aromatic heterocycles. The number of carbonyl (C=O) groups excluding carboxylic acids is 1. The summed E-state index contributed by atoms with van der Waals surface area (Å²) in [4.78, 5) is 12.8. The molecule has 0 unspecified atom stereocenters. The Morgan fingerprint density at radius 2 is 1.56 bits per heavy atom. The standard InChI is InChI=1S/C27H45NO3S/c1-4-5-6-7-8-9-10-11-12-13-14-15-16-17-18-25(29)28-24-21-23-19-20-27(24,26(23,2)3)22-32(28,30)31/h13-14,17-18,23-24H,4-12,15-16,19-22H2,1-3H3/b14-13-,18-17+/t23-,24-,27-/m1/s1. The molecule has 0 aromatic carbocycles. The van der Waals surface area contributed by atoms with Gasteiger partial charge in [0.05, 0.1) is 11.8 Å². The van der Waals surface area contributed by atoms with Gasteiger partial charge in [-0.1, -0.05) is 83.9 Å². The van der Waals surface area contributed by atoms with E-state index >= 15 is 0 Å². The van der Waals surface area contributed by atoms with Gasteiger partial charge in [0.25, 0.3) is 5.91 Å². The molecule has 1 saturated heterocycles. The highest BCUT2D eigenvalue weighted by Gasteiger charge is 2.72. The topological polar surface area (TPSA) is 54.5 Å². The molecule has 32 heavy (non-hydrogen) atoms. The van der Waals surface area contributed by atoms with Crippen molar-refractivity contribution in [3.05, 3.63) is 24.3 Å². The molecule has 4 nitrogen and oxygen atoms in total. The van der Waals surface area contributed by atoms with Crippen molar-refractivity contribution >= 4 is 15.9 Å². The zero-order valence-electron chi connectivity index (χ0n) is 20.7. The Kier molecular flexibility index (Phi) is 8.68. The van der Waals surface area contributed by atoms with Gasteiger partial charge in [-0.15, -0.1) is 0 Å². The number of carbonyl (C=O) groups is 1. The predicted octanol–water partition coefficient (Wildman–Crippen LogP) is 6.78. The summed E-state index contributed by atoms with van der Waals surface area (Å²) in [5.41, 5.74) is -0.235. The molecule has 0 N–H and O–H groups in total. The van der Waals surface area contributed by atoms with Crippen LogP contribution < -0.4 is 0 Å². The van der Waals surface area contributed by atoms with Crippen LogP contribution in [0.25, 0.3) is 0 Å². The Morgan fingerprint density at radius 1 is 0.938 bits per heavy atom. The third kappa shape index (κ3) is 5.18. The van der Waals surface area contributed by atoms with Gasteiger partial charge in [-0.25, -0.2) is 12.7 Å². The van der Waals surface area contributed by atoms with Gasteiger partial charge in [-0.05, 0) is 56.3 Å². The van der Waals surface area contributed by atoms with Gasteiger partial charge in [-0.2, -0.15) is 0 Å². The van der Waals surface area contributed by atoms with E-state index in [1.807, 2.05) is 6.08 Å². The van der Waals surface area contributed by atoms with Crippen LogP contribution in [0.3, 0.4) is 0 Å². The van der Waals surface area contributed by atoms with Crippen molar-refractivity contribution in [2.75, 3.05) is 5.75 Å². The van der Waals surface area contributed by atoms with Crippen LogP contribution in [0.5, 0.6) is 0 Å². The van der Waals surface area contributed by atoms with Crippen molar-refractivity contribution < 1.29 is 13.2 Å². The molecule has 1 spiro atoms. The molecule has 1 heterocycles. The molecule has 1 amide bonds. The zero-order chi connectivity index (χ0) is 23.2. The normalized spacial score (nSPS) is 30.0. The maximum Gasteiger partial charge on any atom is 0.259 e. The van der Waals surface area contributed by atoms with E-state index in [-0.39, 0.29) is 28.5 Å². The van der Waals surface area contributed by atoms with Crippen molar-refractivity contribution in [2.45, 2.75) is 117 Å². The first-order valence-corrected chi connectivity index (χ1v) is 14.7. The third-order valence-electron chi connectivity index (χ3n) is 8.78. The van der Waals surface area contributed by atoms with Crippen molar-refractivity contribution in [2.24, 2.45) is 16.7 Å². The summed E-state index contributed by atoms with van der Waals surface area (Å²) in [6.07, 6.45) is 24.2. The summed E-state index contributed by atoms with van der Waals surface area (Å²) in [6, 6.07) is -0.134. The average molecular weight is 464 g/mol. The van der Waals surface area contributed by atoms with Crippen LogP contribution in [0.15, 0.2) is 24.3 Å². The van der Waals surface area contributed by atoms with Crippen LogP contribution in [0.1, 0.15) is 111 Å². The van der Waals surface area contributed by atoms with Crippen LogP contribution in [0, 0.1) is 16.7 Å². The first-order chi connectivity index (χ1) is 15.3. The molecule has 2 aliphatic carbocycles. The number of hydrogen-bond donors (Lipinski definition) is 0. The maximum absolute atomic E-state index is 12.9. The second kappa shape index (κ2) is 10.9. The lowest BCUT2D eigenvalue weighted by molar-refractivity contribution is -0.124. The minimum absolute atomic E-state index is 0.00330. The van der Waals surface area contributed by atoms with Crippen LogP contribution >= 0.6 is 0 Å². The number of amides is 1. The highest BCUT2D eigenvalue weighted by atomic mass is 32.2. The monoisotopic (exact) mass is 463 g/mol. The molecule has 0 aromatic rings. The Bertz CT molecular complexity index is 798. The van der Waals surface area contributed by atoms with Gasteiger partial charge in [-0.3, -0.25) is 4.79 Å². The van der Waals surface area contributed by atoms with Gasteiger partial charge < -0.3 is 0 Å². The van der Waals surface area contributed by atoms with E-state index in [4.69, 9.17) is 0 Å². The minimum atomic E-state index is -3.51. The van der Waals surface area contributed by atoms with Crippen LogP contribution in [0.4, 0.5) is 0 Å². The predicted molar refractivity (Wildman–Crippen MR) is 133 cm³/mol. The molecule has 3 fully saturated rings. The molecule has 3 aliphatic rings. The van der Waals surface area contributed by atoms with Crippen molar-refractivity contribution in [1.29, 1.82) is 0 Å². The molecule has 0 radical (unpaired) electrons. The van der Waals surface area contributed by atoms with Gasteiger partial charge in [0, 0.05) is 11.5 Å². The highest BCUT2D eigenvalue weighted by Crippen LogP contribution is 2.69. The molecule has 182 valence electrons. The molecular weight excluding hydrogens is 418 g/mol. The van der Waals surface area contributed by atoms with Crippen molar-refractivity contribution in [1.82, 2.24) is 4.31 Å². The smallest absolute Gasteiger partial charge is 0.259 e. The largest absolute Gasteiger partial charge is 0.269 e. The number of allylic oxidation sites excluding steroid dienone is 3. The van der Waals surface area contributed by atoms with Gasteiger partial charge in [0.1, 0.15) is 0 Å². The Balaban J connectivity index is 1.35. The van der Waals surface area contributed by atoms with E-state index in [2.05, 4.69) is 32.9 Å². The molecule has 3 rings (SSSR count). The first-order valence-electron chi connectivity index (χ1n) is 13.1. The lowest BCUT2D eigenvalue weighted by Gasteiger charge is -2.36. The lowest BCUT2D eigenvalue weighted by atomic mass is 9.69. The fourth-order valence-electron chi connectivity index (χ4n) is 6.66. The minimum Gasteiger partial charge on any atom is -0.269 e. The fraction of sp³-hybridized carbons (Fsp3) is 0.815. The first kappa shape index (κ1) is 25.5. The summed E-state index contributed by atoms with van der Waals surface area (Å²) < 4.78 is 27.0. The van der Waals surface area contributed by atoms with E-state index in [1.54, 1.807) is 0 Å². The second-order valence-electron chi connectivity index (χ2n) is 11.0. The second-order valence-corrected chi connectivity index (χ2v) is 12.8. The number of sulfonamides is 1. The van der Waals surface area contributed by atoms with Crippen molar-refractivity contribution in [3.8, 4) is 0 Å². The highest BCUT2D eigenvalue weighted by molar-refractivity contribution is 7.90. The zero-order valence-corrected chi connectivity index (χ0v) is 21.5. The fourth-order valence-corrected chi connectivity index (χ4v) is 9.17. The SMILES string of the molecule is CCCCCCCCCC/C=C\CC/C=C/C(=O)N1[C@@H]2C[C@H]3CC[C@]2(CS1(=O)=O)C3(C)C. The van der Waals surface area contributed by atoms with E-state index < -0.39 is 10.0 Å². The summed E-state index contributed by atoms with van der Waals surface area (Å²) >= 11 is 0. The molecule has 2 bridgehead atoms. The summed E-state index contributed by atoms with van der Waals surface area (Å²) in [7, 11) is -3.51.